The molecule has 2 nitrogen and oxygen atoms in total. The minimum atomic E-state index is -2.66. The van der Waals surface area contributed by atoms with Gasteiger partial charge in [-0.05, 0) is 6.42 Å². The van der Waals surface area contributed by atoms with E-state index in [1.165, 1.54) is 77.0 Å². The molecular formula is C24H48O2Pb. The fourth-order valence-electron chi connectivity index (χ4n) is 3.60. The molecule has 0 amide bonds. The molecule has 0 heterocycles. The first-order valence-electron chi connectivity index (χ1n) is 12.0. The molecule has 0 bridgehead atoms. The fraction of sp³-hybridized carbons (Fsp3) is 0.875. The summed E-state index contributed by atoms with van der Waals surface area (Å²) in [6, 6.07) is 0. The van der Waals surface area contributed by atoms with Crippen molar-refractivity contribution in [3.05, 3.63) is 12.2 Å². The van der Waals surface area contributed by atoms with Crippen LogP contribution in [0.2, 0.25) is 11.9 Å². The van der Waals surface area contributed by atoms with Crippen LogP contribution in [0.15, 0.2) is 12.2 Å². The molecule has 0 unspecified atom stereocenters. The van der Waals surface area contributed by atoms with Crippen LogP contribution in [0.1, 0.15) is 118 Å². The molecule has 3 heteroatoms. The van der Waals surface area contributed by atoms with Crippen molar-refractivity contribution in [1.29, 1.82) is 0 Å². The molecule has 0 fully saturated rings. The van der Waals surface area contributed by atoms with Crippen molar-refractivity contribution in [1.82, 2.24) is 0 Å². The molecule has 0 aromatic rings. The Labute approximate surface area is 176 Å². The molecule has 0 aliphatic rings. The Bertz CT molecular complexity index is 353. The van der Waals surface area contributed by atoms with Crippen LogP contribution in [0.3, 0.4) is 0 Å². The van der Waals surface area contributed by atoms with Crippen molar-refractivity contribution in [2.24, 2.45) is 0 Å². The van der Waals surface area contributed by atoms with Crippen molar-refractivity contribution in [3.63, 3.8) is 0 Å². The van der Waals surface area contributed by atoms with Crippen LogP contribution in [0, 0.1) is 0 Å². The molecule has 0 atom stereocenters. The van der Waals surface area contributed by atoms with Gasteiger partial charge in [0.05, 0.1) is 0 Å². The molecular weight excluding hydrogens is 527 g/mol. The normalized spacial score (nSPS) is 12.0. The van der Waals surface area contributed by atoms with E-state index in [4.69, 9.17) is 2.69 Å². The topological polar surface area (TPSA) is 26.3 Å². The molecule has 160 valence electrons. The predicted octanol–water partition coefficient (Wildman–Crippen LogP) is 8.57. The van der Waals surface area contributed by atoms with E-state index in [-0.39, 0.29) is 5.97 Å². The van der Waals surface area contributed by atoms with Gasteiger partial charge in [-0.3, -0.25) is 0 Å². The van der Waals surface area contributed by atoms with Crippen LogP contribution in [-0.4, -0.2) is 27.6 Å². The summed E-state index contributed by atoms with van der Waals surface area (Å²) in [6.45, 7) is 8.91. The Morgan fingerprint density at radius 2 is 1.11 bits per heavy atom. The number of unbranched alkanes of at least 4 members (excludes halogenated alkanes) is 11. The van der Waals surface area contributed by atoms with Gasteiger partial charge in [0.1, 0.15) is 0 Å². The predicted molar refractivity (Wildman–Crippen MR) is 123 cm³/mol. The van der Waals surface area contributed by atoms with E-state index >= 15 is 0 Å². The van der Waals surface area contributed by atoms with Gasteiger partial charge in [0.15, 0.2) is 0 Å². The van der Waals surface area contributed by atoms with Gasteiger partial charge in [0.25, 0.3) is 0 Å². The van der Waals surface area contributed by atoms with Crippen molar-refractivity contribution < 1.29 is 7.48 Å². The number of rotatable bonds is 19. The van der Waals surface area contributed by atoms with E-state index in [9.17, 15) is 4.79 Å². The minimum absolute atomic E-state index is 0.0971. The first-order valence-corrected chi connectivity index (χ1v) is 21.8. The second-order valence-corrected chi connectivity index (χ2v) is 26.3. The maximum atomic E-state index is 12.1. The van der Waals surface area contributed by atoms with Crippen molar-refractivity contribution in [3.8, 4) is 0 Å². The molecule has 0 aromatic carbocycles. The van der Waals surface area contributed by atoms with Crippen molar-refractivity contribution >= 4 is 27.6 Å². The average Bonchev–Trinajstić information content (AvgIpc) is 2.69. The molecule has 0 rings (SSSR count). The number of hydrogen-bond acceptors (Lipinski definition) is 2. The van der Waals surface area contributed by atoms with Crippen LogP contribution in [0.25, 0.3) is 0 Å². The number of hydrogen-bond donors (Lipinski definition) is 0. The van der Waals surface area contributed by atoms with Crippen LogP contribution in [-0.2, 0) is 7.48 Å². The van der Waals surface area contributed by atoms with Crippen LogP contribution in [0.5, 0.6) is 0 Å². The number of carbonyl (C=O) groups excluding carboxylic acids is 1. The summed E-state index contributed by atoms with van der Waals surface area (Å²) in [5.41, 5.74) is 0. The maximum absolute atomic E-state index is 12.1. The van der Waals surface area contributed by atoms with Crippen molar-refractivity contribution in [2.75, 3.05) is 0 Å². The molecule has 0 aromatic heterocycles. The second-order valence-electron chi connectivity index (χ2n) is 8.05. The zero-order chi connectivity index (χ0) is 20.2. The van der Waals surface area contributed by atoms with E-state index in [2.05, 4.69) is 39.8 Å². The van der Waals surface area contributed by atoms with E-state index in [0.717, 1.165) is 18.4 Å². The summed E-state index contributed by atoms with van der Waals surface area (Å²) in [5, 5.41) is 0. The van der Waals surface area contributed by atoms with Gasteiger partial charge in [-0.25, -0.2) is 0 Å². The summed E-state index contributed by atoms with van der Waals surface area (Å²) in [6.07, 6.45) is 22.2. The third-order valence-electron chi connectivity index (χ3n) is 5.91. The first-order chi connectivity index (χ1) is 13.1. The fourth-order valence-corrected chi connectivity index (χ4v) is 13.4. The quantitative estimate of drug-likeness (QED) is 0.0876. The molecule has 0 aliphatic heterocycles. The third-order valence-corrected chi connectivity index (χ3v) is 23.5. The van der Waals surface area contributed by atoms with Gasteiger partial charge < -0.3 is 0 Å². The summed E-state index contributed by atoms with van der Waals surface area (Å²) in [7, 11) is 0. The van der Waals surface area contributed by atoms with Crippen LogP contribution in [0.4, 0.5) is 0 Å². The van der Waals surface area contributed by atoms with Gasteiger partial charge in [-0.1, -0.05) is 39.0 Å². The Balaban J connectivity index is 3.46. The zero-order valence-electron chi connectivity index (χ0n) is 19.0. The molecule has 0 N–H and O–H groups in total. The van der Waals surface area contributed by atoms with E-state index in [1.807, 2.05) is 0 Å². The Kier molecular flexibility index (Phi) is 19.5. The van der Waals surface area contributed by atoms with Gasteiger partial charge >= 0.3 is 131 Å². The van der Waals surface area contributed by atoms with E-state index < -0.39 is 21.6 Å². The zero-order valence-corrected chi connectivity index (χ0v) is 22.9. The van der Waals surface area contributed by atoms with Gasteiger partial charge in [0, 0.05) is 0 Å². The summed E-state index contributed by atoms with van der Waals surface area (Å²) < 4.78 is 9.39. The summed E-state index contributed by atoms with van der Waals surface area (Å²) in [4.78, 5) is 12.1. The van der Waals surface area contributed by atoms with E-state index in [1.54, 1.807) is 0 Å². The van der Waals surface area contributed by atoms with Crippen molar-refractivity contribution in [2.45, 2.75) is 130 Å². The summed E-state index contributed by atoms with van der Waals surface area (Å²) in [5.74, 6) is 0.0971. The summed E-state index contributed by atoms with van der Waals surface area (Å²) >= 11 is -2.66. The Morgan fingerprint density at radius 1 is 0.667 bits per heavy atom. The van der Waals surface area contributed by atoms with E-state index in [0.29, 0.717) is 6.42 Å². The molecule has 0 radical (unpaired) electrons. The standard InChI is InChI=1S/C18H34O2.3C2H5.Pb/c1-2-3-4-5-6-7-8-9-10-11-12-13-14-15-16-17-18(19)20;3*1-2;/h9-10H,2-8,11-17H2,1H3,(H,19,20);3*1H2,2H3;/q;;;;+1/p-1/b10-9-;;;;. The number of allylic oxidation sites excluding steroid dienone is 2. The molecule has 0 saturated heterocycles. The average molecular weight is 576 g/mol. The molecule has 27 heavy (non-hydrogen) atoms. The van der Waals surface area contributed by atoms with Crippen LogP contribution < -0.4 is 0 Å². The van der Waals surface area contributed by atoms with Gasteiger partial charge in [-0.15, -0.1) is 0 Å². The van der Waals surface area contributed by atoms with Gasteiger partial charge in [-0.2, -0.15) is 0 Å². The molecule has 0 spiro atoms. The molecule has 0 saturated carbocycles. The third kappa shape index (κ3) is 15.7. The molecule has 0 aliphatic carbocycles. The monoisotopic (exact) mass is 576 g/mol. The SMILES string of the molecule is CCCCCCCC/C=C\CCCCCCCC(=O)[O][Pb]([CH2]C)([CH2]C)[CH2]C. The van der Waals surface area contributed by atoms with Crippen LogP contribution >= 0.6 is 0 Å². The Morgan fingerprint density at radius 3 is 1.59 bits per heavy atom. The number of carbonyl (C=O) groups is 1. The van der Waals surface area contributed by atoms with Gasteiger partial charge in [0.2, 0.25) is 0 Å². The first kappa shape index (κ1) is 27.1. The second kappa shape index (κ2) is 19.4. The Hall–Kier alpha value is 0.132.